The van der Waals surface area contributed by atoms with Crippen molar-refractivity contribution >= 4 is 38.3 Å². The Morgan fingerprint density at radius 1 is 0.893 bits per heavy atom. The molecule has 4 aromatic rings. The molecule has 0 fully saturated rings. The monoisotopic (exact) mass is 411 g/mol. The minimum absolute atomic E-state index is 0.0621. The molecule has 1 aromatic heterocycles. The zero-order chi connectivity index (χ0) is 19.7. The van der Waals surface area contributed by atoms with Crippen molar-refractivity contribution in [3.63, 3.8) is 0 Å². The van der Waals surface area contributed by atoms with E-state index in [1.54, 1.807) is 42.5 Å². The van der Waals surface area contributed by atoms with E-state index in [0.29, 0.717) is 21.6 Å². The smallest absolute Gasteiger partial charge is 0.275 e. The van der Waals surface area contributed by atoms with Crippen molar-refractivity contribution in [1.29, 1.82) is 0 Å². The highest BCUT2D eigenvalue weighted by Crippen LogP contribution is 2.27. The third kappa shape index (κ3) is 3.49. The van der Waals surface area contributed by atoms with E-state index in [-0.39, 0.29) is 16.3 Å². The summed E-state index contributed by atoms with van der Waals surface area (Å²) in [5, 5.41) is 0.436. The van der Waals surface area contributed by atoms with Crippen LogP contribution in [-0.4, -0.2) is 18.4 Å². The van der Waals surface area contributed by atoms with Crippen molar-refractivity contribution in [3.05, 3.63) is 88.2 Å². The van der Waals surface area contributed by atoms with Gasteiger partial charge in [-0.2, -0.15) is 0 Å². The Labute approximate surface area is 165 Å². The number of rotatable bonds is 4. The first kappa shape index (κ1) is 18.2. The van der Waals surface area contributed by atoms with E-state index in [2.05, 4.69) is 14.7 Å². The number of para-hydroxylation sites is 3. The van der Waals surface area contributed by atoms with Crippen LogP contribution in [0.5, 0.6) is 0 Å². The van der Waals surface area contributed by atoms with Crippen LogP contribution in [0.3, 0.4) is 0 Å². The molecule has 0 amide bonds. The van der Waals surface area contributed by atoms with E-state index in [9.17, 15) is 13.2 Å². The maximum absolute atomic E-state index is 12.7. The summed E-state index contributed by atoms with van der Waals surface area (Å²) in [6, 6.07) is 19.6. The number of benzene rings is 3. The third-order valence-electron chi connectivity index (χ3n) is 4.15. The number of H-pyrrole nitrogens is 1. The molecule has 0 atom stereocenters. The first-order valence-electron chi connectivity index (χ1n) is 8.31. The van der Waals surface area contributed by atoms with Crippen LogP contribution in [0.4, 0.5) is 5.69 Å². The average molecular weight is 412 g/mol. The average Bonchev–Trinajstić information content (AvgIpc) is 2.68. The second-order valence-corrected chi connectivity index (χ2v) is 8.16. The quantitative estimate of drug-likeness (QED) is 0.530. The van der Waals surface area contributed by atoms with Crippen LogP contribution < -0.4 is 10.3 Å². The van der Waals surface area contributed by atoms with Crippen LogP contribution in [0, 0.1) is 0 Å². The predicted octanol–water partition coefficient (Wildman–Crippen LogP) is 4.04. The highest BCUT2D eigenvalue weighted by Gasteiger charge is 2.18. The summed E-state index contributed by atoms with van der Waals surface area (Å²) >= 11 is 5.83. The number of hydrogen-bond acceptors (Lipinski definition) is 4. The van der Waals surface area contributed by atoms with Crippen LogP contribution in [0.25, 0.3) is 22.3 Å². The highest BCUT2D eigenvalue weighted by molar-refractivity contribution is 7.92. The molecule has 2 N–H and O–H groups in total. The van der Waals surface area contributed by atoms with Gasteiger partial charge in [-0.25, -0.2) is 13.4 Å². The largest absolute Gasteiger partial charge is 0.319 e. The van der Waals surface area contributed by atoms with Crippen molar-refractivity contribution in [3.8, 4) is 11.3 Å². The summed E-state index contributed by atoms with van der Waals surface area (Å²) in [5.74, 6) is 0. The van der Waals surface area contributed by atoms with Gasteiger partial charge in [-0.3, -0.25) is 9.52 Å². The zero-order valence-corrected chi connectivity index (χ0v) is 16.0. The lowest BCUT2D eigenvalue weighted by Crippen LogP contribution is -2.16. The zero-order valence-electron chi connectivity index (χ0n) is 14.4. The topological polar surface area (TPSA) is 91.9 Å². The number of anilines is 1. The van der Waals surface area contributed by atoms with Crippen LogP contribution in [0.15, 0.2) is 82.5 Å². The lowest BCUT2D eigenvalue weighted by molar-refractivity contribution is 0.601. The molecule has 140 valence electrons. The SMILES string of the molecule is O=c1[nH]c2ccccc2nc1-c1ccccc1NS(=O)(=O)c1ccc(Cl)cc1. The Bertz CT molecular complexity index is 1330. The number of aromatic nitrogens is 2. The van der Waals surface area contributed by atoms with E-state index >= 15 is 0 Å². The molecule has 28 heavy (non-hydrogen) atoms. The summed E-state index contributed by atoms with van der Waals surface area (Å²) < 4.78 is 28.0. The summed E-state index contributed by atoms with van der Waals surface area (Å²) in [6.45, 7) is 0. The molecule has 1 heterocycles. The third-order valence-corrected chi connectivity index (χ3v) is 5.78. The molecule has 0 unspecified atom stereocenters. The molecule has 0 saturated heterocycles. The van der Waals surface area contributed by atoms with E-state index in [4.69, 9.17) is 11.6 Å². The van der Waals surface area contributed by atoms with Gasteiger partial charge in [0.15, 0.2) is 0 Å². The molecule has 4 rings (SSSR count). The fourth-order valence-electron chi connectivity index (χ4n) is 2.81. The molecular weight excluding hydrogens is 398 g/mol. The van der Waals surface area contributed by atoms with Crippen molar-refractivity contribution in [2.24, 2.45) is 0 Å². The lowest BCUT2D eigenvalue weighted by atomic mass is 10.1. The number of aromatic amines is 1. The molecular formula is C20H14ClN3O3S. The molecule has 3 aromatic carbocycles. The van der Waals surface area contributed by atoms with Gasteiger partial charge in [0.2, 0.25) is 0 Å². The first-order chi connectivity index (χ1) is 13.4. The van der Waals surface area contributed by atoms with Crippen LogP contribution in [0.2, 0.25) is 5.02 Å². The van der Waals surface area contributed by atoms with Crippen LogP contribution in [-0.2, 0) is 10.0 Å². The summed E-state index contributed by atoms with van der Waals surface area (Å²) in [4.78, 5) is 19.8. The normalized spacial score (nSPS) is 11.5. The van der Waals surface area contributed by atoms with E-state index in [0.717, 1.165) is 0 Å². The van der Waals surface area contributed by atoms with Gasteiger partial charge >= 0.3 is 0 Å². The first-order valence-corrected chi connectivity index (χ1v) is 10.2. The van der Waals surface area contributed by atoms with Crippen LogP contribution in [0.1, 0.15) is 0 Å². The Morgan fingerprint density at radius 3 is 2.36 bits per heavy atom. The van der Waals surface area contributed by atoms with Crippen molar-refractivity contribution < 1.29 is 8.42 Å². The maximum Gasteiger partial charge on any atom is 0.275 e. The number of fused-ring (bicyclic) bond motifs is 1. The minimum atomic E-state index is -3.86. The second kappa shape index (κ2) is 7.10. The predicted molar refractivity (Wildman–Crippen MR) is 110 cm³/mol. The van der Waals surface area contributed by atoms with Gasteiger partial charge in [-0.05, 0) is 42.5 Å². The summed E-state index contributed by atoms with van der Waals surface area (Å²) in [7, 11) is -3.86. The molecule has 0 saturated carbocycles. The molecule has 0 spiro atoms. The Morgan fingerprint density at radius 2 is 1.57 bits per heavy atom. The molecule has 0 aliphatic carbocycles. The molecule has 8 heteroatoms. The van der Waals surface area contributed by atoms with Crippen molar-refractivity contribution in [2.75, 3.05) is 4.72 Å². The van der Waals surface area contributed by atoms with E-state index in [1.807, 2.05) is 6.07 Å². The summed E-state index contributed by atoms with van der Waals surface area (Å²) in [5.41, 5.74) is 1.57. The fourth-order valence-corrected chi connectivity index (χ4v) is 4.01. The highest BCUT2D eigenvalue weighted by atomic mass is 35.5. The second-order valence-electron chi connectivity index (χ2n) is 6.04. The Kier molecular flexibility index (Phi) is 4.62. The molecule has 0 aliphatic heterocycles. The number of halogens is 1. The molecule has 0 bridgehead atoms. The van der Waals surface area contributed by atoms with Gasteiger partial charge < -0.3 is 4.98 Å². The Balaban J connectivity index is 1.81. The van der Waals surface area contributed by atoms with Crippen molar-refractivity contribution in [1.82, 2.24) is 9.97 Å². The maximum atomic E-state index is 12.7. The standard InChI is InChI=1S/C20H14ClN3O3S/c21-13-9-11-14(12-10-13)28(26,27)24-16-6-2-1-5-15(16)19-20(25)23-18-8-4-3-7-17(18)22-19/h1-12,24H,(H,23,25). The summed E-state index contributed by atoms with van der Waals surface area (Å²) in [6.07, 6.45) is 0. The number of nitrogens with one attached hydrogen (secondary N) is 2. The lowest BCUT2D eigenvalue weighted by Gasteiger charge is -2.12. The van der Waals surface area contributed by atoms with Gasteiger partial charge in [0, 0.05) is 10.6 Å². The number of sulfonamides is 1. The molecule has 0 aliphatic rings. The van der Waals surface area contributed by atoms with Gasteiger partial charge in [-0.15, -0.1) is 0 Å². The van der Waals surface area contributed by atoms with E-state index in [1.165, 1.54) is 24.3 Å². The van der Waals surface area contributed by atoms with Gasteiger partial charge in [0.25, 0.3) is 15.6 Å². The van der Waals surface area contributed by atoms with E-state index < -0.39 is 15.6 Å². The van der Waals surface area contributed by atoms with Gasteiger partial charge in [0.05, 0.1) is 21.6 Å². The molecule has 6 nitrogen and oxygen atoms in total. The van der Waals surface area contributed by atoms with Crippen molar-refractivity contribution in [2.45, 2.75) is 4.90 Å². The number of hydrogen-bond donors (Lipinski definition) is 2. The fraction of sp³-hybridized carbons (Fsp3) is 0. The van der Waals surface area contributed by atoms with Crippen LogP contribution >= 0.6 is 11.6 Å². The Hall–Kier alpha value is -3.16. The molecule has 0 radical (unpaired) electrons. The van der Waals surface area contributed by atoms with Gasteiger partial charge in [0.1, 0.15) is 5.69 Å². The minimum Gasteiger partial charge on any atom is -0.319 e. The van der Waals surface area contributed by atoms with Gasteiger partial charge in [-0.1, -0.05) is 41.9 Å². The number of nitrogens with zero attached hydrogens (tertiary/aromatic N) is 1.